The molecule has 8 nitrogen and oxygen atoms in total. The summed E-state index contributed by atoms with van der Waals surface area (Å²) < 4.78 is 4.19. The number of aromatic nitrogens is 4. The highest BCUT2D eigenvalue weighted by Gasteiger charge is 2.19. The minimum atomic E-state index is -0.423. The second-order valence-corrected chi connectivity index (χ2v) is 7.12. The van der Waals surface area contributed by atoms with Crippen LogP contribution in [0.25, 0.3) is 11.2 Å². The van der Waals surface area contributed by atoms with Crippen molar-refractivity contribution in [2.24, 2.45) is 25.1 Å². The monoisotopic (exact) mass is 388 g/mol. The van der Waals surface area contributed by atoms with Crippen molar-refractivity contribution in [3.63, 3.8) is 0 Å². The van der Waals surface area contributed by atoms with Crippen LogP contribution in [0.2, 0.25) is 5.02 Å². The lowest BCUT2D eigenvalue weighted by molar-refractivity contribution is 0.534. The maximum atomic E-state index is 12.7. The minimum absolute atomic E-state index is 0.262. The first kappa shape index (κ1) is 18.9. The minimum Gasteiger partial charge on any atom is -0.303 e. The van der Waals surface area contributed by atoms with Crippen molar-refractivity contribution < 1.29 is 0 Å². The molecular weight excluding hydrogens is 368 g/mol. The van der Waals surface area contributed by atoms with Crippen molar-refractivity contribution in [1.82, 2.24) is 18.7 Å². The Balaban J connectivity index is 2.11. The third kappa shape index (κ3) is 3.52. The van der Waals surface area contributed by atoms with Crippen molar-refractivity contribution in [3.05, 3.63) is 55.7 Å². The predicted molar refractivity (Wildman–Crippen MR) is 108 cm³/mol. The fourth-order valence-electron chi connectivity index (χ4n) is 2.81. The van der Waals surface area contributed by atoms with Gasteiger partial charge in [-0.1, -0.05) is 43.6 Å². The van der Waals surface area contributed by atoms with Gasteiger partial charge in [-0.3, -0.25) is 13.9 Å². The number of nitrogens with zero attached hydrogens (tertiary/aromatic N) is 5. The van der Waals surface area contributed by atoms with Crippen LogP contribution in [0.3, 0.4) is 0 Å². The Hall–Kier alpha value is -2.87. The van der Waals surface area contributed by atoms with Crippen LogP contribution in [0.5, 0.6) is 0 Å². The highest BCUT2D eigenvalue weighted by Crippen LogP contribution is 2.18. The largest absolute Gasteiger partial charge is 0.332 e. The fourth-order valence-corrected chi connectivity index (χ4v) is 3.00. The molecule has 0 saturated carbocycles. The maximum absolute atomic E-state index is 12.7. The first-order chi connectivity index (χ1) is 12.8. The smallest absolute Gasteiger partial charge is 0.303 e. The van der Waals surface area contributed by atoms with Crippen molar-refractivity contribution in [1.29, 1.82) is 0 Å². The quantitative estimate of drug-likeness (QED) is 0.536. The van der Waals surface area contributed by atoms with Gasteiger partial charge in [0.25, 0.3) is 5.56 Å². The summed E-state index contributed by atoms with van der Waals surface area (Å²) in [6.45, 7) is 4.62. The summed E-state index contributed by atoms with van der Waals surface area (Å²) in [5.74, 6) is 0.651. The first-order valence-corrected chi connectivity index (χ1v) is 8.89. The number of imidazole rings is 1. The van der Waals surface area contributed by atoms with E-state index in [0.29, 0.717) is 28.7 Å². The third-order valence-corrected chi connectivity index (χ3v) is 4.51. The Morgan fingerprint density at radius 2 is 1.93 bits per heavy atom. The predicted octanol–water partition coefficient (Wildman–Crippen LogP) is 2.19. The summed E-state index contributed by atoms with van der Waals surface area (Å²) >= 11 is 6.12. The number of hydrogen-bond donors (Lipinski definition) is 1. The molecule has 142 valence electrons. The topological polar surface area (TPSA) is 86.2 Å². The van der Waals surface area contributed by atoms with Crippen molar-refractivity contribution in [2.75, 3.05) is 5.43 Å². The van der Waals surface area contributed by atoms with E-state index < -0.39 is 5.69 Å². The van der Waals surface area contributed by atoms with Crippen LogP contribution in [0.1, 0.15) is 19.4 Å². The zero-order valence-corrected chi connectivity index (χ0v) is 16.4. The maximum Gasteiger partial charge on any atom is 0.332 e. The van der Waals surface area contributed by atoms with Gasteiger partial charge in [0.2, 0.25) is 5.95 Å². The molecular formula is C18H21ClN6O2. The zero-order chi connectivity index (χ0) is 19.7. The summed E-state index contributed by atoms with van der Waals surface area (Å²) in [7, 11) is 3.05. The molecule has 2 aromatic heterocycles. The van der Waals surface area contributed by atoms with E-state index in [-0.39, 0.29) is 11.5 Å². The molecule has 1 aromatic carbocycles. The van der Waals surface area contributed by atoms with Gasteiger partial charge in [0, 0.05) is 31.2 Å². The van der Waals surface area contributed by atoms with Crippen LogP contribution in [-0.4, -0.2) is 24.9 Å². The third-order valence-electron chi connectivity index (χ3n) is 4.17. The van der Waals surface area contributed by atoms with Gasteiger partial charge in [0.05, 0.1) is 6.21 Å². The molecule has 0 aliphatic rings. The number of hydrogen-bond acceptors (Lipinski definition) is 5. The van der Waals surface area contributed by atoms with E-state index in [1.807, 2.05) is 32.0 Å². The molecule has 0 radical (unpaired) electrons. The van der Waals surface area contributed by atoms with Crippen molar-refractivity contribution in [3.8, 4) is 0 Å². The molecule has 0 bridgehead atoms. The SMILES string of the molecule is CC(C)Cn1c(N/N=C\c2ccccc2Cl)nc2c1c(=O)n(C)c(=O)n2C. The first-order valence-electron chi connectivity index (χ1n) is 8.51. The molecule has 0 fully saturated rings. The Labute approximate surface area is 160 Å². The number of halogens is 1. The number of benzene rings is 1. The standard InChI is InChI=1S/C18H21ClN6O2/c1-11(2)10-25-14-15(23(3)18(27)24(4)16(14)26)21-17(25)22-20-9-12-7-5-6-8-13(12)19/h5-9,11H,10H2,1-4H3,(H,21,22)/b20-9-. The van der Waals surface area contributed by atoms with Crippen LogP contribution in [-0.2, 0) is 20.6 Å². The molecule has 0 atom stereocenters. The Bertz CT molecular complexity index is 1140. The lowest BCUT2D eigenvalue weighted by atomic mass is 10.2. The van der Waals surface area contributed by atoms with Gasteiger partial charge in [-0.15, -0.1) is 0 Å². The second kappa shape index (κ2) is 7.40. The van der Waals surface area contributed by atoms with Gasteiger partial charge in [0.1, 0.15) is 0 Å². The normalized spacial score (nSPS) is 11.8. The second-order valence-electron chi connectivity index (χ2n) is 6.71. The summed E-state index contributed by atoms with van der Waals surface area (Å²) in [6.07, 6.45) is 1.58. The molecule has 0 aliphatic heterocycles. The van der Waals surface area contributed by atoms with Gasteiger partial charge in [0.15, 0.2) is 11.2 Å². The zero-order valence-electron chi connectivity index (χ0n) is 15.6. The number of nitrogens with one attached hydrogen (secondary N) is 1. The van der Waals surface area contributed by atoms with Gasteiger partial charge in [-0.05, 0) is 12.0 Å². The molecule has 0 aliphatic carbocycles. The number of hydrazone groups is 1. The van der Waals surface area contributed by atoms with Gasteiger partial charge < -0.3 is 4.57 Å². The molecule has 0 amide bonds. The fraction of sp³-hybridized carbons (Fsp3) is 0.333. The Kier molecular flexibility index (Phi) is 5.18. The molecule has 0 spiro atoms. The van der Waals surface area contributed by atoms with Crippen LogP contribution >= 0.6 is 11.6 Å². The van der Waals surface area contributed by atoms with E-state index in [1.54, 1.807) is 23.9 Å². The van der Waals surface area contributed by atoms with E-state index >= 15 is 0 Å². The lowest BCUT2D eigenvalue weighted by Crippen LogP contribution is -2.37. The summed E-state index contributed by atoms with van der Waals surface area (Å²) in [5, 5.41) is 4.78. The highest BCUT2D eigenvalue weighted by molar-refractivity contribution is 6.33. The molecule has 0 saturated heterocycles. The molecule has 2 heterocycles. The van der Waals surface area contributed by atoms with Gasteiger partial charge >= 0.3 is 5.69 Å². The Morgan fingerprint density at radius 3 is 2.59 bits per heavy atom. The van der Waals surface area contributed by atoms with Gasteiger partial charge in [-0.2, -0.15) is 10.1 Å². The molecule has 9 heteroatoms. The summed E-state index contributed by atoms with van der Waals surface area (Å²) in [4.78, 5) is 29.3. The molecule has 27 heavy (non-hydrogen) atoms. The van der Waals surface area contributed by atoms with Crippen molar-refractivity contribution in [2.45, 2.75) is 20.4 Å². The average molecular weight is 389 g/mol. The summed E-state index contributed by atoms with van der Waals surface area (Å²) in [6, 6.07) is 7.31. The number of rotatable bonds is 5. The van der Waals surface area contributed by atoms with Gasteiger partial charge in [-0.25, -0.2) is 10.2 Å². The number of fused-ring (bicyclic) bond motifs is 1. The van der Waals surface area contributed by atoms with E-state index in [0.717, 1.165) is 10.1 Å². The van der Waals surface area contributed by atoms with Crippen LogP contribution in [0.4, 0.5) is 5.95 Å². The molecule has 1 N–H and O–H groups in total. The number of anilines is 1. The van der Waals surface area contributed by atoms with Crippen LogP contribution in [0, 0.1) is 5.92 Å². The van der Waals surface area contributed by atoms with Crippen LogP contribution < -0.4 is 16.7 Å². The van der Waals surface area contributed by atoms with Crippen molar-refractivity contribution >= 4 is 34.9 Å². The molecule has 3 rings (SSSR count). The van der Waals surface area contributed by atoms with E-state index in [1.165, 1.54) is 11.6 Å². The van der Waals surface area contributed by atoms with Crippen LogP contribution in [0.15, 0.2) is 39.0 Å². The highest BCUT2D eigenvalue weighted by atomic mass is 35.5. The lowest BCUT2D eigenvalue weighted by Gasteiger charge is -2.11. The molecule has 0 unspecified atom stereocenters. The van der Waals surface area contributed by atoms with E-state index in [9.17, 15) is 9.59 Å². The van der Waals surface area contributed by atoms with E-state index in [4.69, 9.17) is 11.6 Å². The molecule has 3 aromatic rings. The average Bonchev–Trinajstić information content (AvgIpc) is 2.97. The Morgan fingerprint density at radius 1 is 1.22 bits per heavy atom. The van der Waals surface area contributed by atoms with E-state index in [2.05, 4.69) is 15.5 Å². The summed E-state index contributed by atoms with van der Waals surface area (Å²) in [5.41, 5.74) is 3.50. The number of aryl methyl sites for hydroxylation is 1.